The van der Waals surface area contributed by atoms with E-state index in [0.29, 0.717) is 5.56 Å². The van der Waals surface area contributed by atoms with Crippen molar-refractivity contribution in [3.8, 4) is 0 Å². The minimum atomic E-state index is -1.52. The Bertz CT molecular complexity index is 845. The molecule has 0 bridgehead atoms. The van der Waals surface area contributed by atoms with Crippen molar-refractivity contribution >= 4 is 29.5 Å². The Morgan fingerprint density at radius 3 is 2.30 bits per heavy atom. The zero-order valence-corrected chi connectivity index (χ0v) is 16.6. The van der Waals surface area contributed by atoms with Gasteiger partial charge in [-0.05, 0) is 37.0 Å². The number of amides is 3. The topological polar surface area (TPSA) is 124 Å². The fraction of sp³-hybridized carbons (Fsp3) is 0.476. The molecule has 1 aromatic carbocycles. The highest BCUT2D eigenvalue weighted by molar-refractivity contribution is 6.19. The number of likely N-dealkylation sites (tertiary alicyclic amines) is 2. The molecule has 160 valence electrons. The summed E-state index contributed by atoms with van der Waals surface area (Å²) >= 11 is 0. The number of ketones is 1. The molecule has 2 aliphatic heterocycles. The van der Waals surface area contributed by atoms with Crippen molar-refractivity contribution in [2.75, 3.05) is 26.2 Å². The first-order valence-electron chi connectivity index (χ1n) is 10.1. The standard InChI is InChI=1S/C21H25N3O6/c25-16-8-11-24(21(30)18(16)19(28)22-12-17(26)27)13-14-4-6-15(7-5-14)20(29)23-9-2-1-3-10-23/h4-7,18H,1-3,8-13H2,(H,22,28)(H,26,27). The molecule has 0 saturated carbocycles. The molecule has 30 heavy (non-hydrogen) atoms. The number of carbonyl (C=O) groups excluding carboxylic acids is 4. The third kappa shape index (κ3) is 5.03. The molecular weight excluding hydrogens is 390 g/mol. The summed E-state index contributed by atoms with van der Waals surface area (Å²) in [5.74, 6) is -4.81. The fourth-order valence-corrected chi connectivity index (χ4v) is 3.75. The van der Waals surface area contributed by atoms with Gasteiger partial charge in [0.05, 0.1) is 0 Å². The Morgan fingerprint density at radius 1 is 1.00 bits per heavy atom. The van der Waals surface area contributed by atoms with Crippen molar-refractivity contribution in [3.63, 3.8) is 0 Å². The van der Waals surface area contributed by atoms with Gasteiger partial charge < -0.3 is 20.2 Å². The molecule has 9 nitrogen and oxygen atoms in total. The maximum Gasteiger partial charge on any atom is 0.322 e. The van der Waals surface area contributed by atoms with Gasteiger partial charge in [-0.25, -0.2) is 0 Å². The molecule has 3 rings (SSSR count). The molecular formula is C21H25N3O6. The lowest BCUT2D eigenvalue weighted by atomic mass is 9.94. The Morgan fingerprint density at radius 2 is 1.67 bits per heavy atom. The number of piperidine rings is 2. The quantitative estimate of drug-likeness (QED) is 0.650. The first kappa shape index (κ1) is 21.5. The summed E-state index contributed by atoms with van der Waals surface area (Å²) in [7, 11) is 0. The summed E-state index contributed by atoms with van der Waals surface area (Å²) in [6.45, 7) is 1.27. The van der Waals surface area contributed by atoms with Crippen LogP contribution < -0.4 is 5.32 Å². The van der Waals surface area contributed by atoms with Crippen LogP contribution in [0.1, 0.15) is 41.6 Å². The van der Waals surface area contributed by atoms with Crippen LogP contribution in [0, 0.1) is 5.92 Å². The van der Waals surface area contributed by atoms with Crippen LogP contribution in [0.5, 0.6) is 0 Å². The van der Waals surface area contributed by atoms with Crippen molar-refractivity contribution in [1.29, 1.82) is 0 Å². The molecule has 0 aromatic heterocycles. The van der Waals surface area contributed by atoms with E-state index in [1.54, 1.807) is 24.3 Å². The van der Waals surface area contributed by atoms with Gasteiger partial charge in [0.1, 0.15) is 6.54 Å². The van der Waals surface area contributed by atoms with Gasteiger partial charge in [-0.2, -0.15) is 0 Å². The number of carboxylic acid groups (broad SMARTS) is 1. The van der Waals surface area contributed by atoms with Gasteiger partial charge >= 0.3 is 5.97 Å². The SMILES string of the molecule is O=C(O)CNC(=O)C1C(=O)CCN(Cc2ccc(C(=O)N3CCCCC3)cc2)C1=O. The largest absolute Gasteiger partial charge is 0.480 e. The van der Waals surface area contributed by atoms with E-state index in [-0.39, 0.29) is 25.4 Å². The highest BCUT2D eigenvalue weighted by atomic mass is 16.4. The van der Waals surface area contributed by atoms with E-state index in [1.807, 2.05) is 4.90 Å². The summed E-state index contributed by atoms with van der Waals surface area (Å²) < 4.78 is 0. The highest BCUT2D eigenvalue weighted by Crippen LogP contribution is 2.19. The smallest absolute Gasteiger partial charge is 0.322 e. The predicted octanol–water partition coefficient (Wildman–Crippen LogP) is 0.431. The Kier molecular flexibility index (Phi) is 6.81. The van der Waals surface area contributed by atoms with E-state index in [1.165, 1.54) is 4.90 Å². The molecule has 2 fully saturated rings. The summed E-state index contributed by atoms with van der Waals surface area (Å²) in [4.78, 5) is 63.2. The molecule has 0 radical (unpaired) electrons. The van der Waals surface area contributed by atoms with Gasteiger partial charge in [0.15, 0.2) is 11.7 Å². The molecule has 1 aromatic rings. The van der Waals surface area contributed by atoms with Crippen molar-refractivity contribution in [2.24, 2.45) is 5.92 Å². The van der Waals surface area contributed by atoms with E-state index in [0.717, 1.165) is 37.9 Å². The summed E-state index contributed by atoms with van der Waals surface area (Å²) in [6, 6.07) is 6.98. The van der Waals surface area contributed by atoms with Gasteiger partial charge in [-0.1, -0.05) is 12.1 Å². The van der Waals surface area contributed by atoms with Crippen LogP contribution in [0.3, 0.4) is 0 Å². The molecule has 3 amide bonds. The van der Waals surface area contributed by atoms with Gasteiger partial charge in [0.25, 0.3) is 5.91 Å². The maximum atomic E-state index is 12.6. The third-order valence-corrected chi connectivity index (χ3v) is 5.40. The van der Waals surface area contributed by atoms with Crippen molar-refractivity contribution in [2.45, 2.75) is 32.2 Å². The Hall–Kier alpha value is -3.23. The molecule has 9 heteroatoms. The van der Waals surface area contributed by atoms with Gasteiger partial charge in [-0.15, -0.1) is 0 Å². The normalized spacial score (nSPS) is 19.5. The molecule has 2 N–H and O–H groups in total. The van der Waals surface area contributed by atoms with E-state index in [4.69, 9.17) is 5.11 Å². The summed E-state index contributed by atoms with van der Waals surface area (Å²) in [5, 5.41) is 10.8. The third-order valence-electron chi connectivity index (χ3n) is 5.40. The van der Waals surface area contributed by atoms with Crippen LogP contribution in [0.25, 0.3) is 0 Å². The first-order valence-corrected chi connectivity index (χ1v) is 10.1. The number of benzene rings is 1. The number of carboxylic acids is 1. The van der Waals surface area contributed by atoms with E-state index in [2.05, 4.69) is 5.32 Å². The number of hydrogen-bond donors (Lipinski definition) is 2. The number of nitrogens with zero attached hydrogens (tertiary/aromatic N) is 2. The predicted molar refractivity (Wildman–Crippen MR) is 105 cm³/mol. The fourth-order valence-electron chi connectivity index (χ4n) is 3.75. The lowest BCUT2D eigenvalue weighted by Crippen LogP contribution is -2.52. The average Bonchev–Trinajstić information content (AvgIpc) is 2.75. The lowest BCUT2D eigenvalue weighted by Gasteiger charge is -2.31. The number of rotatable bonds is 6. The van der Waals surface area contributed by atoms with Crippen LogP contribution in [0.4, 0.5) is 0 Å². The number of Topliss-reactive ketones (excluding diaryl/α,β-unsaturated/α-hetero) is 1. The Labute approximate surface area is 174 Å². The van der Waals surface area contributed by atoms with Crippen LogP contribution in [0.15, 0.2) is 24.3 Å². The summed E-state index contributed by atoms with van der Waals surface area (Å²) in [6.07, 6.45) is 3.20. The molecule has 2 saturated heterocycles. The van der Waals surface area contributed by atoms with Crippen molar-refractivity contribution < 1.29 is 29.1 Å². The zero-order valence-electron chi connectivity index (χ0n) is 16.6. The van der Waals surface area contributed by atoms with Crippen LogP contribution in [0.2, 0.25) is 0 Å². The minimum Gasteiger partial charge on any atom is -0.480 e. The monoisotopic (exact) mass is 415 g/mol. The van der Waals surface area contributed by atoms with Crippen molar-refractivity contribution in [1.82, 2.24) is 15.1 Å². The number of carbonyl (C=O) groups is 5. The van der Waals surface area contributed by atoms with Gasteiger partial charge in [0, 0.05) is 38.2 Å². The maximum absolute atomic E-state index is 12.6. The molecule has 1 atom stereocenters. The minimum absolute atomic E-state index is 0.00365. The average molecular weight is 415 g/mol. The number of hydrogen-bond acceptors (Lipinski definition) is 5. The number of aliphatic carboxylic acids is 1. The van der Waals surface area contributed by atoms with Gasteiger partial charge in [-0.3, -0.25) is 24.0 Å². The lowest BCUT2D eigenvalue weighted by molar-refractivity contribution is -0.152. The first-order chi connectivity index (χ1) is 14.4. The van der Waals surface area contributed by atoms with Crippen LogP contribution >= 0.6 is 0 Å². The highest BCUT2D eigenvalue weighted by Gasteiger charge is 2.40. The van der Waals surface area contributed by atoms with E-state index < -0.39 is 36.0 Å². The zero-order chi connectivity index (χ0) is 21.7. The molecule has 2 heterocycles. The number of nitrogens with one attached hydrogen (secondary N) is 1. The molecule has 1 unspecified atom stereocenters. The van der Waals surface area contributed by atoms with Gasteiger partial charge in [0.2, 0.25) is 11.8 Å². The second kappa shape index (κ2) is 9.51. The molecule has 2 aliphatic rings. The molecule has 0 spiro atoms. The molecule has 0 aliphatic carbocycles. The second-order valence-corrected chi connectivity index (χ2v) is 7.57. The van der Waals surface area contributed by atoms with E-state index in [9.17, 15) is 24.0 Å². The van der Waals surface area contributed by atoms with Crippen LogP contribution in [-0.2, 0) is 25.7 Å². The van der Waals surface area contributed by atoms with Crippen molar-refractivity contribution in [3.05, 3.63) is 35.4 Å². The summed E-state index contributed by atoms with van der Waals surface area (Å²) in [5.41, 5.74) is 1.37. The Balaban J connectivity index is 1.63. The van der Waals surface area contributed by atoms with Crippen LogP contribution in [-0.4, -0.2) is 70.6 Å². The van der Waals surface area contributed by atoms with E-state index >= 15 is 0 Å². The second-order valence-electron chi connectivity index (χ2n) is 7.57.